The summed E-state index contributed by atoms with van der Waals surface area (Å²) >= 11 is 0. The van der Waals surface area contributed by atoms with Crippen LogP contribution < -0.4 is 10.6 Å². The largest absolute Gasteiger partial charge is 0.480 e. The SMILES string of the molecule is C[C@@H](O)[C@H](NC(=O)Nc1ccc(C(C)(C)C)cc1)C(=O)O. The molecule has 2 atom stereocenters. The van der Waals surface area contributed by atoms with Crippen LogP contribution in [-0.2, 0) is 10.2 Å². The molecule has 4 N–H and O–H groups in total. The summed E-state index contributed by atoms with van der Waals surface area (Å²) in [5.74, 6) is -1.29. The van der Waals surface area contributed by atoms with E-state index in [0.29, 0.717) is 5.69 Å². The molecular weight excluding hydrogens is 272 g/mol. The summed E-state index contributed by atoms with van der Waals surface area (Å²) in [6.45, 7) is 7.56. The molecule has 0 fully saturated rings. The van der Waals surface area contributed by atoms with Crippen LogP contribution in [0.25, 0.3) is 0 Å². The van der Waals surface area contributed by atoms with Crippen LogP contribution >= 0.6 is 0 Å². The van der Waals surface area contributed by atoms with Gasteiger partial charge < -0.3 is 20.8 Å². The van der Waals surface area contributed by atoms with E-state index < -0.39 is 24.1 Å². The number of carbonyl (C=O) groups excluding carboxylic acids is 1. The van der Waals surface area contributed by atoms with E-state index in [9.17, 15) is 14.7 Å². The van der Waals surface area contributed by atoms with Crippen molar-refractivity contribution in [2.24, 2.45) is 0 Å². The molecule has 0 aliphatic carbocycles. The number of hydrogen-bond acceptors (Lipinski definition) is 3. The molecule has 1 aromatic carbocycles. The van der Waals surface area contributed by atoms with Gasteiger partial charge in [-0.1, -0.05) is 32.9 Å². The zero-order chi connectivity index (χ0) is 16.2. The number of rotatable bonds is 4. The quantitative estimate of drug-likeness (QED) is 0.682. The molecule has 0 unspecified atom stereocenters. The van der Waals surface area contributed by atoms with E-state index in [1.54, 1.807) is 12.1 Å². The van der Waals surface area contributed by atoms with Gasteiger partial charge in [0.15, 0.2) is 6.04 Å². The monoisotopic (exact) mass is 294 g/mol. The van der Waals surface area contributed by atoms with Crippen molar-refractivity contribution in [3.05, 3.63) is 29.8 Å². The number of aliphatic carboxylic acids is 1. The zero-order valence-electron chi connectivity index (χ0n) is 12.7. The number of carboxylic acid groups (broad SMARTS) is 1. The highest BCUT2D eigenvalue weighted by Crippen LogP contribution is 2.23. The van der Waals surface area contributed by atoms with Crippen LogP contribution in [0.3, 0.4) is 0 Å². The second-order valence-electron chi connectivity index (χ2n) is 5.98. The first-order chi connectivity index (χ1) is 9.61. The number of urea groups is 1. The van der Waals surface area contributed by atoms with Crippen LogP contribution in [-0.4, -0.2) is 34.4 Å². The average molecular weight is 294 g/mol. The first-order valence-corrected chi connectivity index (χ1v) is 6.70. The van der Waals surface area contributed by atoms with Gasteiger partial charge in [0.25, 0.3) is 0 Å². The van der Waals surface area contributed by atoms with E-state index in [-0.39, 0.29) is 5.41 Å². The maximum Gasteiger partial charge on any atom is 0.328 e. The van der Waals surface area contributed by atoms with Crippen molar-refractivity contribution >= 4 is 17.7 Å². The Bertz CT molecular complexity index is 503. The lowest BCUT2D eigenvalue weighted by Gasteiger charge is -2.20. The number of hydrogen-bond donors (Lipinski definition) is 4. The van der Waals surface area contributed by atoms with Crippen LogP contribution in [0.15, 0.2) is 24.3 Å². The normalized spacial score (nSPS) is 14.1. The van der Waals surface area contributed by atoms with E-state index in [4.69, 9.17) is 5.11 Å². The molecule has 116 valence electrons. The van der Waals surface area contributed by atoms with Gasteiger partial charge in [-0.2, -0.15) is 0 Å². The highest BCUT2D eigenvalue weighted by molar-refractivity contribution is 5.92. The van der Waals surface area contributed by atoms with Gasteiger partial charge in [-0.05, 0) is 30.0 Å². The van der Waals surface area contributed by atoms with Gasteiger partial charge >= 0.3 is 12.0 Å². The van der Waals surface area contributed by atoms with Crippen LogP contribution in [0, 0.1) is 0 Å². The van der Waals surface area contributed by atoms with Crippen LogP contribution in [0.1, 0.15) is 33.3 Å². The maximum atomic E-state index is 11.7. The predicted molar refractivity (Wildman–Crippen MR) is 80.4 cm³/mol. The summed E-state index contributed by atoms with van der Waals surface area (Å²) in [5, 5.41) is 22.9. The molecule has 0 saturated carbocycles. The number of aliphatic hydroxyl groups excluding tert-OH is 1. The minimum atomic E-state index is -1.35. The molecule has 0 aromatic heterocycles. The second-order valence-corrected chi connectivity index (χ2v) is 5.98. The van der Waals surface area contributed by atoms with E-state index in [1.807, 2.05) is 12.1 Å². The highest BCUT2D eigenvalue weighted by atomic mass is 16.4. The van der Waals surface area contributed by atoms with Crippen molar-refractivity contribution < 1.29 is 19.8 Å². The zero-order valence-corrected chi connectivity index (χ0v) is 12.7. The molecule has 0 radical (unpaired) electrons. The lowest BCUT2D eigenvalue weighted by molar-refractivity contribution is -0.141. The van der Waals surface area contributed by atoms with Gasteiger partial charge in [0, 0.05) is 5.69 Å². The summed E-state index contributed by atoms with van der Waals surface area (Å²) in [6, 6.07) is 5.28. The number of amides is 2. The third kappa shape index (κ3) is 5.07. The lowest BCUT2D eigenvalue weighted by atomic mass is 9.87. The summed E-state index contributed by atoms with van der Waals surface area (Å²) in [7, 11) is 0. The Morgan fingerprint density at radius 3 is 2.05 bits per heavy atom. The van der Waals surface area contributed by atoms with Crippen LogP contribution in [0.5, 0.6) is 0 Å². The molecule has 0 aliphatic heterocycles. The summed E-state index contributed by atoms with van der Waals surface area (Å²) in [6.07, 6.45) is -1.18. The van der Waals surface area contributed by atoms with Gasteiger partial charge in [-0.3, -0.25) is 0 Å². The average Bonchev–Trinajstić information content (AvgIpc) is 2.34. The number of carbonyl (C=O) groups is 2. The standard InChI is InChI=1S/C15H22N2O4/c1-9(18)12(13(19)20)17-14(21)16-11-7-5-10(6-8-11)15(2,3)4/h5-9,12,18H,1-4H3,(H,19,20)(H2,16,17,21)/t9-,12+/m1/s1. The molecule has 0 bridgehead atoms. The smallest absolute Gasteiger partial charge is 0.328 e. The molecule has 6 heteroatoms. The molecule has 1 aromatic rings. The Morgan fingerprint density at radius 2 is 1.67 bits per heavy atom. The lowest BCUT2D eigenvalue weighted by Crippen LogP contribution is -2.49. The Kier molecular flexibility index (Phi) is 5.32. The summed E-state index contributed by atoms with van der Waals surface area (Å²) in [5.41, 5.74) is 1.69. The number of benzene rings is 1. The van der Waals surface area contributed by atoms with Crippen LogP contribution in [0.2, 0.25) is 0 Å². The Labute approximate surface area is 124 Å². The number of nitrogens with one attached hydrogen (secondary N) is 2. The van der Waals surface area contributed by atoms with E-state index in [0.717, 1.165) is 5.56 Å². The third-order valence-electron chi connectivity index (χ3n) is 3.04. The molecular formula is C15H22N2O4. The van der Waals surface area contributed by atoms with E-state index in [2.05, 4.69) is 31.4 Å². The first kappa shape index (κ1) is 17.0. The molecule has 0 saturated heterocycles. The fraction of sp³-hybridized carbons (Fsp3) is 0.467. The summed E-state index contributed by atoms with van der Waals surface area (Å²) in [4.78, 5) is 22.6. The fourth-order valence-electron chi connectivity index (χ4n) is 1.75. The van der Waals surface area contributed by atoms with Gasteiger partial charge in [-0.25, -0.2) is 9.59 Å². The molecule has 0 heterocycles. The van der Waals surface area contributed by atoms with Gasteiger partial charge in [0.1, 0.15) is 0 Å². The minimum absolute atomic E-state index is 0.0154. The first-order valence-electron chi connectivity index (χ1n) is 6.70. The highest BCUT2D eigenvalue weighted by Gasteiger charge is 2.24. The van der Waals surface area contributed by atoms with Crippen LogP contribution in [0.4, 0.5) is 10.5 Å². The Morgan fingerprint density at radius 1 is 1.14 bits per heavy atom. The number of carboxylic acids is 1. The fourth-order valence-corrected chi connectivity index (χ4v) is 1.75. The molecule has 0 aliphatic rings. The van der Waals surface area contributed by atoms with Gasteiger partial charge in [0.2, 0.25) is 0 Å². The van der Waals surface area contributed by atoms with Gasteiger partial charge in [0.05, 0.1) is 6.10 Å². The van der Waals surface area contributed by atoms with Crippen molar-refractivity contribution in [3.8, 4) is 0 Å². The topological polar surface area (TPSA) is 98.7 Å². The summed E-state index contributed by atoms with van der Waals surface area (Å²) < 4.78 is 0. The van der Waals surface area contributed by atoms with Crippen molar-refractivity contribution in [2.75, 3.05) is 5.32 Å². The van der Waals surface area contributed by atoms with Crippen molar-refractivity contribution in [1.29, 1.82) is 0 Å². The van der Waals surface area contributed by atoms with Crippen molar-refractivity contribution in [2.45, 2.75) is 45.3 Å². The molecule has 1 rings (SSSR count). The maximum absolute atomic E-state index is 11.7. The van der Waals surface area contributed by atoms with Crippen molar-refractivity contribution in [1.82, 2.24) is 5.32 Å². The van der Waals surface area contributed by atoms with Crippen molar-refractivity contribution in [3.63, 3.8) is 0 Å². The van der Waals surface area contributed by atoms with E-state index in [1.165, 1.54) is 6.92 Å². The Balaban J connectivity index is 2.69. The minimum Gasteiger partial charge on any atom is -0.480 e. The molecule has 2 amide bonds. The van der Waals surface area contributed by atoms with E-state index >= 15 is 0 Å². The second kappa shape index (κ2) is 6.58. The molecule has 0 spiro atoms. The van der Waals surface area contributed by atoms with Gasteiger partial charge in [-0.15, -0.1) is 0 Å². The number of anilines is 1. The molecule has 21 heavy (non-hydrogen) atoms. The third-order valence-corrected chi connectivity index (χ3v) is 3.04. The predicted octanol–water partition coefficient (Wildman–Crippen LogP) is 1.94. The Hall–Kier alpha value is -2.08. The molecule has 6 nitrogen and oxygen atoms in total. The number of aliphatic hydroxyl groups is 1.